The summed E-state index contributed by atoms with van der Waals surface area (Å²) in [7, 11) is 0. The van der Waals surface area contributed by atoms with Gasteiger partial charge in [0, 0.05) is 47.1 Å². The Hall–Kier alpha value is -4.54. The van der Waals surface area contributed by atoms with E-state index in [1.807, 2.05) is 26.0 Å². The quantitative estimate of drug-likeness (QED) is 0.248. The Bertz CT molecular complexity index is 1640. The minimum absolute atomic E-state index is 0.0779. The summed E-state index contributed by atoms with van der Waals surface area (Å²) in [5.41, 5.74) is 4.38. The van der Waals surface area contributed by atoms with Crippen LogP contribution in [0, 0.1) is 23.5 Å². The smallest absolute Gasteiger partial charge is 0.349 e. The zero-order chi connectivity index (χ0) is 29.4. The molecular weight excluding hydrogens is 546 g/mol. The van der Waals surface area contributed by atoms with Crippen molar-refractivity contribution in [2.45, 2.75) is 13.8 Å². The normalized spacial score (nSPS) is 20.2. The number of rotatable bonds is 6. The van der Waals surface area contributed by atoms with Crippen molar-refractivity contribution in [1.82, 2.24) is 10.1 Å². The van der Waals surface area contributed by atoms with E-state index in [9.17, 15) is 18.4 Å². The fourth-order valence-electron chi connectivity index (χ4n) is 5.63. The number of hydroxylamine groups is 4. The predicted molar refractivity (Wildman–Crippen MR) is 151 cm³/mol. The van der Waals surface area contributed by atoms with E-state index in [1.54, 1.807) is 12.1 Å². The lowest BCUT2D eigenvalue weighted by atomic mass is 9.90. The van der Waals surface area contributed by atoms with Crippen LogP contribution in [-0.2, 0) is 19.3 Å². The minimum atomic E-state index is -0.724. The molecule has 10 heteroatoms. The van der Waals surface area contributed by atoms with Crippen molar-refractivity contribution in [3.05, 3.63) is 96.0 Å². The first-order chi connectivity index (χ1) is 20.2. The van der Waals surface area contributed by atoms with Crippen LogP contribution < -0.4 is 0 Å². The third kappa shape index (κ3) is 5.63. The Morgan fingerprint density at radius 3 is 1.60 bits per heavy atom. The maximum Gasteiger partial charge on any atom is 0.349 e. The molecule has 2 atom stereocenters. The lowest BCUT2D eigenvalue weighted by Crippen LogP contribution is -2.35. The molecule has 0 bridgehead atoms. The summed E-state index contributed by atoms with van der Waals surface area (Å²) in [4.78, 5) is 35.6. The Kier molecular flexibility index (Phi) is 7.49. The lowest BCUT2D eigenvalue weighted by molar-refractivity contribution is -0.186. The second-order valence-electron chi connectivity index (χ2n) is 10.6. The van der Waals surface area contributed by atoms with Crippen molar-refractivity contribution >= 4 is 45.0 Å². The summed E-state index contributed by atoms with van der Waals surface area (Å²) < 4.78 is 39.4. The van der Waals surface area contributed by atoms with E-state index in [0.717, 1.165) is 23.3 Å². The summed E-state index contributed by atoms with van der Waals surface area (Å²) >= 11 is 0. The second-order valence-corrected chi connectivity index (χ2v) is 10.6. The molecule has 2 aliphatic rings. The van der Waals surface area contributed by atoms with Crippen molar-refractivity contribution in [3.8, 4) is 0 Å². The third-order valence-electron chi connectivity index (χ3n) is 7.49. The molecule has 2 unspecified atom stereocenters. The highest BCUT2D eigenvalue weighted by molar-refractivity contribution is 5.93. The Morgan fingerprint density at radius 2 is 1.19 bits per heavy atom. The van der Waals surface area contributed by atoms with Crippen LogP contribution in [0.15, 0.2) is 82.1 Å². The number of carbonyl (C=O) groups is 2. The zero-order valence-corrected chi connectivity index (χ0v) is 23.0. The minimum Gasteiger partial charge on any atom is -0.464 e. The Labute approximate surface area is 240 Å². The Balaban J connectivity index is 1.03. The molecule has 2 aromatic heterocycles. The van der Waals surface area contributed by atoms with Crippen LogP contribution in [0.2, 0.25) is 0 Å². The van der Waals surface area contributed by atoms with Crippen LogP contribution in [0.1, 0.15) is 25.0 Å². The number of carbonyl (C=O) groups excluding carboxylic acids is 2. The molecule has 0 amide bonds. The maximum atomic E-state index is 14.1. The second kappa shape index (κ2) is 11.4. The summed E-state index contributed by atoms with van der Waals surface area (Å²) in [6, 6.07) is 9.17. The SMILES string of the molecule is CC1CN(OC(=O)/C=C/C(=O)ON2CC=C(c3cc(F)cc4ccoc34)C(C)C2)CC=C1c1cc(F)cc2ccoc12. The van der Waals surface area contributed by atoms with Crippen molar-refractivity contribution < 1.29 is 36.9 Å². The molecule has 0 fully saturated rings. The van der Waals surface area contributed by atoms with Crippen LogP contribution in [0.3, 0.4) is 0 Å². The van der Waals surface area contributed by atoms with Gasteiger partial charge in [-0.3, -0.25) is 0 Å². The summed E-state index contributed by atoms with van der Waals surface area (Å²) in [6.07, 6.45) is 8.82. The van der Waals surface area contributed by atoms with Gasteiger partial charge in [0.2, 0.25) is 0 Å². The van der Waals surface area contributed by atoms with Crippen LogP contribution >= 0.6 is 0 Å². The molecule has 2 aromatic carbocycles. The van der Waals surface area contributed by atoms with Gasteiger partial charge in [-0.05, 0) is 59.4 Å². The lowest BCUT2D eigenvalue weighted by Gasteiger charge is -2.29. The first kappa shape index (κ1) is 27.6. The molecule has 216 valence electrons. The van der Waals surface area contributed by atoms with Gasteiger partial charge in [0.25, 0.3) is 0 Å². The number of furan rings is 2. The molecule has 4 aromatic rings. The largest absolute Gasteiger partial charge is 0.464 e. The van der Waals surface area contributed by atoms with Crippen molar-refractivity contribution in [1.29, 1.82) is 0 Å². The average molecular weight is 575 g/mol. The van der Waals surface area contributed by atoms with E-state index in [2.05, 4.69) is 0 Å². The van der Waals surface area contributed by atoms with E-state index in [4.69, 9.17) is 18.5 Å². The van der Waals surface area contributed by atoms with Gasteiger partial charge in [-0.2, -0.15) is 0 Å². The first-order valence-electron chi connectivity index (χ1n) is 13.6. The van der Waals surface area contributed by atoms with E-state index in [1.165, 1.54) is 46.9 Å². The highest BCUT2D eigenvalue weighted by atomic mass is 19.1. The van der Waals surface area contributed by atoms with E-state index in [0.29, 0.717) is 59.2 Å². The van der Waals surface area contributed by atoms with Gasteiger partial charge < -0.3 is 18.5 Å². The van der Waals surface area contributed by atoms with Crippen molar-refractivity contribution in [3.63, 3.8) is 0 Å². The zero-order valence-electron chi connectivity index (χ0n) is 23.0. The van der Waals surface area contributed by atoms with Crippen LogP contribution in [0.25, 0.3) is 33.1 Å². The van der Waals surface area contributed by atoms with Crippen LogP contribution in [-0.4, -0.2) is 48.2 Å². The molecule has 0 N–H and O–H groups in total. The van der Waals surface area contributed by atoms with Gasteiger partial charge in [-0.1, -0.05) is 26.0 Å². The molecule has 4 heterocycles. The van der Waals surface area contributed by atoms with Gasteiger partial charge in [0.15, 0.2) is 0 Å². The predicted octanol–water partition coefficient (Wildman–Crippen LogP) is 6.30. The molecule has 0 saturated carbocycles. The number of halogens is 2. The third-order valence-corrected chi connectivity index (χ3v) is 7.49. The van der Waals surface area contributed by atoms with Crippen molar-refractivity contribution in [2.75, 3.05) is 26.2 Å². The number of hydrogen-bond acceptors (Lipinski definition) is 8. The standard InChI is InChI=1S/C32H28F2N2O6/c1-19-17-35(9-5-25(19)27-15-23(33)13-21-7-11-39-31(21)27)41-29(37)3-4-30(38)42-36-10-6-26(20(2)18-36)28-16-24(34)14-22-8-12-40-32(22)28/h3-8,11-16,19-20H,9-10,17-18H2,1-2H3/b4-3+. The molecule has 0 saturated heterocycles. The Morgan fingerprint density at radius 1 is 0.762 bits per heavy atom. The van der Waals surface area contributed by atoms with Crippen molar-refractivity contribution in [2.24, 2.45) is 11.8 Å². The molecular formula is C32H28F2N2O6. The fraction of sp³-hybridized carbons (Fsp3) is 0.250. The fourth-order valence-corrected chi connectivity index (χ4v) is 5.63. The molecule has 2 aliphatic heterocycles. The maximum absolute atomic E-state index is 14.1. The molecule has 0 radical (unpaired) electrons. The molecule has 8 nitrogen and oxygen atoms in total. The summed E-state index contributed by atoms with van der Waals surface area (Å²) in [6.45, 7) is 5.24. The number of benzene rings is 2. The monoisotopic (exact) mass is 574 g/mol. The van der Waals surface area contributed by atoms with Crippen LogP contribution in [0.4, 0.5) is 8.78 Å². The average Bonchev–Trinajstić information content (AvgIpc) is 3.61. The molecule has 0 spiro atoms. The molecule has 0 aliphatic carbocycles. The topological polar surface area (TPSA) is 85.4 Å². The van der Waals surface area contributed by atoms with E-state index >= 15 is 0 Å². The number of nitrogens with zero attached hydrogens (tertiary/aromatic N) is 2. The van der Waals surface area contributed by atoms with E-state index in [-0.39, 0.29) is 23.5 Å². The van der Waals surface area contributed by atoms with E-state index < -0.39 is 11.9 Å². The highest BCUT2D eigenvalue weighted by Crippen LogP contribution is 2.35. The molecule has 6 rings (SSSR count). The van der Waals surface area contributed by atoms with Gasteiger partial charge in [-0.15, -0.1) is 10.1 Å². The number of hydrogen-bond donors (Lipinski definition) is 0. The van der Waals surface area contributed by atoms with Gasteiger partial charge in [0.1, 0.15) is 22.8 Å². The molecule has 42 heavy (non-hydrogen) atoms. The van der Waals surface area contributed by atoms with Gasteiger partial charge in [0.05, 0.1) is 25.6 Å². The summed E-state index contributed by atoms with van der Waals surface area (Å²) in [5, 5.41) is 4.32. The van der Waals surface area contributed by atoms with Crippen LogP contribution in [0.5, 0.6) is 0 Å². The first-order valence-corrected chi connectivity index (χ1v) is 13.6. The van der Waals surface area contributed by atoms with Gasteiger partial charge in [-0.25, -0.2) is 18.4 Å². The highest BCUT2D eigenvalue weighted by Gasteiger charge is 2.26. The summed E-state index contributed by atoms with van der Waals surface area (Å²) in [5.74, 6) is -2.31. The number of fused-ring (bicyclic) bond motifs is 2. The van der Waals surface area contributed by atoms with Gasteiger partial charge >= 0.3 is 11.9 Å².